The van der Waals surface area contributed by atoms with Crippen molar-refractivity contribution in [1.29, 1.82) is 0 Å². The van der Waals surface area contributed by atoms with Gasteiger partial charge in [-0.25, -0.2) is 0 Å². The summed E-state index contributed by atoms with van der Waals surface area (Å²) in [7, 11) is 0. The van der Waals surface area contributed by atoms with Crippen molar-refractivity contribution in [2.24, 2.45) is 0 Å². The highest BCUT2D eigenvalue weighted by Crippen LogP contribution is 2.25. The van der Waals surface area contributed by atoms with E-state index in [9.17, 15) is 20.1 Å². The molecule has 2 atom stereocenters. The molecule has 0 saturated carbocycles. The van der Waals surface area contributed by atoms with Crippen molar-refractivity contribution in [2.45, 2.75) is 43.5 Å². The van der Waals surface area contributed by atoms with E-state index in [1.54, 1.807) is 4.90 Å². The smallest absolute Gasteiger partial charge is 0.223 e. The third kappa shape index (κ3) is 4.58. The van der Waals surface area contributed by atoms with Crippen LogP contribution in [0.5, 0.6) is 0 Å². The number of hydrogen-bond donors (Lipinski definition) is 3. The largest absolute Gasteiger partial charge is 0.393 e. The molecule has 2 aliphatic heterocycles. The zero-order valence-electron chi connectivity index (χ0n) is 14.5. The molecule has 0 bridgehead atoms. The van der Waals surface area contributed by atoms with Gasteiger partial charge in [-0.05, 0) is 24.8 Å². The lowest BCUT2D eigenvalue weighted by molar-refractivity contribution is -0.131. The first-order valence-electron chi connectivity index (χ1n) is 9.09. The Bertz CT molecular complexity index is 574. The van der Waals surface area contributed by atoms with Crippen molar-refractivity contribution < 1.29 is 20.1 Å². The van der Waals surface area contributed by atoms with Crippen molar-refractivity contribution in [3.63, 3.8) is 0 Å². The second-order valence-corrected chi connectivity index (χ2v) is 7.39. The van der Waals surface area contributed by atoms with Crippen LogP contribution in [-0.4, -0.2) is 81.6 Å². The fourth-order valence-electron chi connectivity index (χ4n) is 3.74. The highest BCUT2D eigenvalue weighted by atomic mass is 16.3. The molecular formula is C19H28N2O4. The van der Waals surface area contributed by atoms with Gasteiger partial charge in [0.05, 0.1) is 12.6 Å². The Morgan fingerprint density at radius 1 is 1.16 bits per heavy atom. The summed E-state index contributed by atoms with van der Waals surface area (Å²) in [6.45, 7) is 2.10. The molecule has 6 heteroatoms. The Morgan fingerprint density at radius 3 is 2.52 bits per heavy atom. The molecule has 1 aromatic carbocycles. The molecule has 2 saturated heterocycles. The van der Waals surface area contributed by atoms with Gasteiger partial charge in [0.2, 0.25) is 5.91 Å². The van der Waals surface area contributed by atoms with Gasteiger partial charge in [0, 0.05) is 32.6 Å². The first-order chi connectivity index (χ1) is 12.0. The van der Waals surface area contributed by atoms with Gasteiger partial charge in [-0.1, -0.05) is 30.3 Å². The molecule has 2 fully saturated rings. The maximum atomic E-state index is 12.4. The predicted molar refractivity (Wildman–Crippen MR) is 94.0 cm³/mol. The summed E-state index contributed by atoms with van der Waals surface area (Å²) in [6, 6.07) is 9.84. The van der Waals surface area contributed by atoms with E-state index in [1.807, 2.05) is 30.3 Å². The monoisotopic (exact) mass is 348 g/mol. The first kappa shape index (κ1) is 18.3. The van der Waals surface area contributed by atoms with E-state index < -0.39 is 11.7 Å². The Balaban J connectivity index is 1.52. The van der Waals surface area contributed by atoms with Crippen LogP contribution < -0.4 is 0 Å². The number of aryl methyl sites for hydroxylation is 1. The summed E-state index contributed by atoms with van der Waals surface area (Å²) in [6.07, 6.45) is 1.21. The summed E-state index contributed by atoms with van der Waals surface area (Å²) >= 11 is 0. The van der Waals surface area contributed by atoms with Crippen molar-refractivity contribution in [1.82, 2.24) is 9.80 Å². The van der Waals surface area contributed by atoms with E-state index in [-0.39, 0.29) is 25.1 Å². The van der Waals surface area contributed by atoms with Gasteiger partial charge < -0.3 is 25.1 Å². The van der Waals surface area contributed by atoms with E-state index >= 15 is 0 Å². The summed E-state index contributed by atoms with van der Waals surface area (Å²) in [4.78, 5) is 16.1. The maximum absolute atomic E-state index is 12.4. The SMILES string of the molecule is O=C(CCc1ccccc1)N1C[C@@H](O)[C@](O)(CN2CCC(O)CC2)C1. The van der Waals surface area contributed by atoms with Crippen molar-refractivity contribution in [3.05, 3.63) is 35.9 Å². The molecule has 1 amide bonds. The second-order valence-electron chi connectivity index (χ2n) is 7.39. The minimum Gasteiger partial charge on any atom is -0.393 e. The molecule has 25 heavy (non-hydrogen) atoms. The number of piperidine rings is 1. The van der Waals surface area contributed by atoms with Gasteiger partial charge in [0.15, 0.2) is 0 Å². The Kier molecular flexibility index (Phi) is 5.74. The highest BCUT2D eigenvalue weighted by molar-refractivity contribution is 5.77. The molecule has 3 rings (SSSR count). The third-order valence-electron chi connectivity index (χ3n) is 5.36. The van der Waals surface area contributed by atoms with E-state index in [1.165, 1.54) is 0 Å². The Hall–Kier alpha value is -1.47. The van der Waals surface area contributed by atoms with Gasteiger partial charge in [-0.3, -0.25) is 4.79 Å². The summed E-state index contributed by atoms with van der Waals surface area (Å²) in [5.41, 5.74) is -0.178. The lowest BCUT2D eigenvalue weighted by Crippen LogP contribution is -2.53. The quantitative estimate of drug-likeness (QED) is 0.698. The fourth-order valence-corrected chi connectivity index (χ4v) is 3.74. The standard InChI is InChI=1S/C19H28N2O4/c22-16-8-10-20(11-9-16)13-19(25)14-21(12-17(19)23)18(24)7-6-15-4-2-1-3-5-15/h1-5,16-17,22-23,25H,6-14H2/t17-,19+/m1/s1. The zero-order chi connectivity index (χ0) is 17.9. The number of aliphatic hydroxyl groups excluding tert-OH is 2. The third-order valence-corrected chi connectivity index (χ3v) is 5.36. The number of hydrogen-bond acceptors (Lipinski definition) is 5. The van der Waals surface area contributed by atoms with Gasteiger partial charge in [-0.2, -0.15) is 0 Å². The van der Waals surface area contributed by atoms with Crippen LogP contribution in [0.3, 0.4) is 0 Å². The first-order valence-corrected chi connectivity index (χ1v) is 9.09. The normalized spacial score (nSPS) is 28.4. The summed E-state index contributed by atoms with van der Waals surface area (Å²) in [5.74, 6) is -0.0344. The fraction of sp³-hybridized carbons (Fsp3) is 0.632. The van der Waals surface area contributed by atoms with E-state index in [0.717, 1.165) is 5.56 Å². The Morgan fingerprint density at radius 2 is 1.84 bits per heavy atom. The van der Waals surface area contributed by atoms with E-state index in [0.29, 0.717) is 45.3 Å². The average Bonchev–Trinajstić information content (AvgIpc) is 2.91. The van der Waals surface area contributed by atoms with Gasteiger partial charge >= 0.3 is 0 Å². The summed E-state index contributed by atoms with van der Waals surface area (Å²) < 4.78 is 0. The minimum atomic E-state index is -1.29. The lowest BCUT2D eigenvalue weighted by Gasteiger charge is -2.36. The number of aliphatic hydroxyl groups is 3. The molecule has 2 aliphatic rings. The van der Waals surface area contributed by atoms with Gasteiger partial charge in [-0.15, -0.1) is 0 Å². The molecule has 0 radical (unpaired) electrons. The van der Waals surface area contributed by atoms with Crippen LogP contribution in [-0.2, 0) is 11.2 Å². The van der Waals surface area contributed by atoms with Crippen LogP contribution in [0, 0.1) is 0 Å². The maximum Gasteiger partial charge on any atom is 0.223 e. The number of carbonyl (C=O) groups is 1. The molecular weight excluding hydrogens is 320 g/mol. The molecule has 2 heterocycles. The number of carbonyl (C=O) groups excluding carboxylic acids is 1. The van der Waals surface area contributed by atoms with E-state index in [2.05, 4.69) is 4.90 Å². The number of benzene rings is 1. The number of nitrogens with zero attached hydrogens (tertiary/aromatic N) is 2. The second kappa shape index (κ2) is 7.83. The molecule has 0 unspecified atom stereocenters. The van der Waals surface area contributed by atoms with Gasteiger partial charge in [0.1, 0.15) is 11.7 Å². The van der Waals surface area contributed by atoms with Crippen LogP contribution >= 0.6 is 0 Å². The molecule has 0 aliphatic carbocycles. The topological polar surface area (TPSA) is 84.2 Å². The molecule has 138 valence electrons. The van der Waals surface area contributed by atoms with Crippen LogP contribution in [0.2, 0.25) is 0 Å². The molecule has 6 nitrogen and oxygen atoms in total. The number of rotatable bonds is 5. The number of amides is 1. The van der Waals surface area contributed by atoms with E-state index in [4.69, 9.17) is 0 Å². The van der Waals surface area contributed by atoms with Crippen LogP contribution in [0.1, 0.15) is 24.8 Å². The summed E-state index contributed by atoms with van der Waals surface area (Å²) in [5, 5.41) is 30.7. The predicted octanol–water partition coefficient (Wildman–Crippen LogP) is 0.0101. The molecule has 0 aromatic heterocycles. The van der Waals surface area contributed by atoms with Crippen LogP contribution in [0.4, 0.5) is 0 Å². The Labute approximate surface area is 148 Å². The average molecular weight is 348 g/mol. The molecule has 0 spiro atoms. The number of likely N-dealkylation sites (tertiary alicyclic amines) is 2. The zero-order valence-corrected chi connectivity index (χ0v) is 14.5. The molecule has 3 N–H and O–H groups in total. The number of β-amino-alcohol motifs (C(OH)–C–C–N with tert-alkyl or cyclic N) is 2. The lowest BCUT2D eigenvalue weighted by atomic mass is 9.98. The minimum absolute atomic E-state index is 0.0344. The molecule has 1 aromatic rings. The van der Waals surface area contributed by atoms with Crippen molar-refractivity contribution in [2.75, 3.05) is 32.7 Å². The van der Waals surface area contributed by atoms with Gasteiger partial charge in [0.25, 0.3) is 0 Å². The van der Waals surface area contributed by atoms with Crippen molar-refractivity contribution >= 4 is 5.91 Å². The van der Waals surface area contributed by atoms with Crippen LogP contribution in [0.15, 0.2) is 30.3 Å². The van der Waals surface area contributed by atoms with Crippen LogP contribution in [0.25, 0.3) is 0 Å². The van der Waals surface area contributed by atoms with Crippen molar-refractivity contribution in [3.8, 4) is 0 Å². The highest BCUT2D eigenvalue weighted by Gasteiger charge is 2.47.